The van der Waals surface area contributed by atoms with Gasteiger partial charge in [0.05, 0.1) is 5.39 Å². The van der Waals surface area contributed by atoms with Crippen molar-refractivity contribution in [3.05, 3.63) is 93.6 Å². The highest BCUT2D eigenvalue weighted by Gasteiger charge is 2.23. The van der Waals surface area contributed by atoms with Crippen LogP contribution in [0.4, 0.5) is 5.69 Å². The Balaban J connectivity index is 1.76. The number of halogens is 1. The molecule has 4 rings (SSSR count). The SMILES string of the molecule is Cc1ccc(-c2oc3ccc(Cl)cc3c(=O)c2OC(C)C(=O)Nc2ccccc2)cc1. The largest absolute Gasteiger partial charge is 0.473 e. The van der Waals surface area contributed by atoms with Crippen molar-refractivity contribution in [3.8, 4) is 17.1 Å². The second-order valence-corrected chi connectivity index (χ2v) is 7.65. The number of rotatable bonds is 5. The maximum Gasteiger partial charge on any atom is 0.265 e. The minimum atomic E-state index is -0.941. The summed E-state index contributed by atoms with van der Waals surface area (Å²) < 4.78 is 11.9. The number of ether oxygens (including phenoxy) is 1. The van der Waals surface area contributed by atoms with Gasteiger partial charge in [0.25, 0.3) is 5.91 Å². The first-order valence-electron chi connectivity index (χ1n) is 9.78. The van der Waals surface area contributed by atoms with E-state index in [0.29, 0.717) is 21.9 Å². The van der Waals surface area contributed by atoms with Crippen molar-refractivity contribution in [1.29, 1.82) is 0 Å². The molecule has 0 saturated heterocycles. The predicted octanol–water partition coefficient (Wildman–Crippen LogP) is 5.83. The van der Waals surface area contributed by atoms with Crippen molar-refractivity contribution < 1.29 is 13.9 Å². The summed E-state index contributed by atoms with van der Waals surface area (Å²) in [5.41, 5.74) is 2.37. The highest BCUT2D eigenvalue weighted by atomic mass is 35.5. The summed E-state index contributed by atoms with van der Waals surface area (Å²) in [6, 6.07) is 21.4. The first-order chi connectivity index (χ1) is 14.9. The number of carbonyl (C=O) groups excluding carboxylic acids is 1. The van der Waals surface area contributed by atoms with Crippen LogP contribution in [0.3, 0.4) is 0 Å². The Morgan fingerprint density at radius 3 is 2.45 bits per heavy atom. The number of hydrogen-bond donors (Lipinski definition) is 1. The van der Waals surface area contributed by atoms with Crippen LogP contribution in [0.5, 0.6) is 5.75 Å². The summed E-state index contributed by atoms with van der Waals surface area (Å²) in [5, 5.41) is 3.47. The number of carbonyl (C=O) groups is 1. The van der Waals surface area contributed by atoms with Crippen molar-refractivity contribution >= 4 is 34.2 Å². The van der Waals surface area contributed by atoms with Gasteiger partial charge >= 0.3 is 0 Å². The molecule has 0 bridgehead atoms. The first kappa shape index (κ1) is 20.7. The van der Waals surface area contributed by atoms with Crippen molar-refractivity contribution in [2.24, 2.45) is 0 Å². The van der Waals surface area contributed by atoms with E-state index in [1.807, 2.05) is 49.4 Å². The van der Waals surface area contributed by atoms with Gasteiger partial charge in [-0.15, -0.1) is 0 Å². The lowest BCUT2D eigenvalue weighted by molar-refractivity contribution is -0.122. The van der Waals surface area contributed by atoms with Gasteiger partial charge in [-0.2, -0.15) is 0 Å². The molecule has 0 aliphatic carbocycles. The van der Waals surface area contributed by atoms with Crippen LogP contribution >= 0.6 is 11.6 Å². The average molecular weight is 434 g/mol. The third-order valence-corrected chi connectivity index (χ3v) is 5.06. The lowest BCUT2D eigenvalue weighted by Crippen LogP contribution is -2.31. The molecule has 156 valence electrons. The van der Waals surface area contributed by atoms with E-state index in [1.54, 1.807) is 31.2 Å². The van der Waals surface area contributed by atoms with Crippen LogP contribution in [0.15, 0.2) is 82.0 Å². The molecule has 0 aliphatic rings. The Kier molecular flexibility index (Phi) is 5.78. The number of fused-ring (bicyclic) bond motifs is 1. The molecule has 1 unspecified atom stereocenters. The Bertz CT molecular complexity index is 1300. The van der Waals surface area contributed by atoms with Crippen molar-refractivity contribution in [3.63, 3.8) is 0 Å². The molecule has 1 atom stereocenters. The molecule has 4 aromatic rings. The molecule has 0 fully saturated rings. The molecular weight excluding hydrogens is 414 g/mol. The van der Waals surface area contributed by atoms with E-state index >= 15 is 0 Å². The number of benzene rings is 3. The molecule has 5 nitrogen and oxygen atoms in total. The first-order valence-corrected chi connectivity index (χ1v) is 10.2. The maximum atomic E-state index is 13.3. The number of anilines is 1. The molecule has 1 aromatic heterocycles. The van der Waals surface area contributed by atoms with Gasteiger partial charge in [0.1, 0.15) is 5.58 Å². The molecule has 1 heterocycles. The van der Waals surface area contributed by atoms with E-state index in [0.717, 1.165) is 5.56 Å². The second-order valence-electron chi connectivity index (χ2n) is 7.21. The minimum Gasteiger partial charge on any atom is -0.473 e. The fourth-order valence-corrected chi connectivity index (χ4v) is 3.32. The van der Waals surface area contributed by atoms with Gasteiger partial charge in [-0.25, -0.2) is 0 Å². The van der Waals surface area contributed by atoms with Crippen LogP contribution in [-0.4, -0.2) is 12.0 Å². The van der Waals surface area contributed by atoms with Crippen LogP contribution in [0.25, 0.3) is 22.3 Å². The second kappa shape index (κ2) is 8.66. The predicted molar refractivity (Wildman–Crippen MR) is 123 cm³/mol. The van der Waals surface area contributed by atoms with E-state index in [1.165, 1.54) is 6.07 Å². The third kappa shape index (κ3) is 4.47. The summed E-state index contributed by atoms with van der Waals surface area (Å²) in [7, 11) is 0. The van der Waals surface area contributed by atoms with Crippen molar-refractivity contribution in [2.75, 3.05) is 5.32 Å². The fourth-order valence-electron chi connectivity index (χ4n) is 3.15. The summed E-state index contributed by atoms with van der Waals surface area (Å²) in [6.45, 7) is 3.55. The van der Waals surface area contributed by atoms with Gasteiger partial charge in [-0.3, -0.25) is 9.59 Å². The quantitative estimate of drug-likeness (QED) is 0.430. The smallest absolute Gasteiger partial charge is 0.265 e. The van der Waals surface area contributed by atoms with E-state index < -0.39 is 11.5 Å². The number of para-hydroxylation sites is 1. The summed E-state index contributed by atoms with van der Waals surface area (Å²) in [4.78, 5) is 25.9. The Hall–Kier alpha value is -3.57. The van der Waals surface area contributed by atoms with Gasteiger partial charge in [-0.05, 0) is 44.2 Å². The summed E-state index contributed by atoms with van der Waals surface area (Å²) in [6.07, 6.45) is -0.941. The Morgan fingerprint density at radius 1 is 1.03 bits per heavy atom. The van der Waals surface area contributed by atoms with Crippen LogP contribution in [0, 0.1) is 6.92 Å². The average Bonchev–Trinajstić information content (AvgIpc) is 2.77. The van der Waals surface area contributed by atoms with Gasteiger partial charge < -0.3 is 14.5 Å². The lowest BCUT2D eigenvalue weighted by atomic mass is 10.1. The van der Waals surface area contributed by atoms with Crippen molar-refractivity contribution in [1.82, 2.24) is 0 Å². The highest BCUT2D eigenvalue weighted by Crippen LogP contribution is 2.32. The zero-order chi connectivity index (χ0) is 22.0. The zero-order valence-corrected chi connectivity index (χ0v) is 17.8. The molecule has 1 amide bonds. The molecule has 1 N–H and O–H groups in total. The molecule has 0 saturated carbocycles. The molecule has 0 aliphatic heterocycles. The molecule has 6 heteroatoms. The number of hydrogen-bond acceptors (Lipinski definition) is 4. The van der Waals surface area contributed by atoms with Gasteiger partial charge in [0.15, 0.2) is 11.9 Å². The van der Waals surface area contributed by atoms with E-state index in [2.05, 4.69) is 5.32 Å². The highest BCUT2D eigenvalue weighted by molar-refractivity contribution is 6.31. The van der Waals surface area contributed by atoms with Crippen LogP contribution in [0.2, 0.25) is 5.02 Å². The van der Waals surface area contributed by atoms with E-state index in [4.69, 9.17) is 20.8 Å². The Labute approximate surface area is 184 Å². The standard InChI is InChI=1S/C25H20ClNO4/c1-15-8-10-17(11-9-15)23-24(22(28)20-14-18(26)12-13-21(20)31-23)30-16(2)25(29)27-19-6-4-3-5-7-19/h3-14,16H,1-2H3,(H,27,29). The molecule has 0 radical (unpaired) electrons. The minimum absolute atomic E-state index is 0.0330. The Morgan fingerprint density at radius 2 is 1.74 bits per heavy atom. The molecule has 31 heavy (non-hydrogen) atoms. The number of aryl methyl sites for hydroxylation is 1. The van der Waals surface area contributed by atoms with Crippen LogP contribution in [0.1, 0.15) is 12.5 Å². The zero-order valence-electron chi connectivity index (χ0n) is 17.0. The van der Waals surface area contributed by atoms with Gasteiger partial charge in [0.2, 0.25) is 11.2 Å². The topological polar surface area (TPSA) is 68.5 Å². The van der Waals surface area contributed by atoms with Gasteiger partial charge in [-0.1, -0.05) is 59.6 Å². The van der Waals surface area contributed by atoms with Crippen molar-refractivity contribution in [2.45, 2.75) is 20.0 Å². The van der Waals surface area contributed by atoms with E-state index in [9.17, 15) is 9.59 Å². The molecule has 3 aromatic carbocycles. The number of nitrogens with one attached hydrogen (secondary N) is 1. The maximum absolute atomic E-state index is 13.3. The monoisotopic (exact) mass is 433 g/mol. The third-order valence-electron chi connectivity index (χ3n) is 4.83. The normalized spacial score (nSPS) is 11.8. The fraction of sp³-hybridized carbons (Fsp3) is 0.120. The van der Waals surface area contributed by atoms with Crippen LogP contribution < -0.4 is 15.5 Å². The summed E-state index contributed by atoms with van der Waals surface area (Å²) in [5.74, 6) is -0.153. The molecular formula is C25H20ClNO4. The van der Waals surface area contributed by atoms with Gasteiger partial charge in [0, 0.05) is 16.3 Å². The molecule has 0 spiro atoms. The summed E-state index contributed by atoms with van der Waals surface area (Å²) >= 11 is 6.08. The number of amides is 1. The van der Waals surface area contributed by atoms with E-state index in [-0.39, 0.29) is 22.8 Å². The van der Waals surface area contributed by atoms with Crippen LogP contribution in [-0.2, 0) is 4.79 Å². The lowest BCUT2D eigenvalue weighted by Gasteiger charge is -2.17.